The first-order valence-corrected chi connectivity index (χ1v) is 6.99. The zero-order chi connectivity index (χ0) is 14.5. The van der Waals surface area contributed by atoms with Gasteiger partial charge in [-0.05, 0) is 54.5 Å². The van der Waals surface area contributed by atoms with Crippen molar-refractivity contribution in [1.82, 2.24) is 0 Å². The van der Waals surface area contributed by atoms with Crippen LogP contribution in [-0.2, 0) is 6.42 Å². The Morgan fingerprint density at radius 2 is 2.00 bits per heavy atom. The van der Waals surface area contributed by atoms with E-state index in [4.69, 9.17) is 23.8 Å². The third kappa shape index (κ3) is 3.92. The van der Waals surface area contributed by atoms with Gasteiger partial charge in [0.05, 0.1) is 10.7 Å². The minimum absolute atomic E-state index is 0.288. The highest BCUT2D eigenvalue weighted by atomic mass is 35.5. The van der Waals surface area contributed by atoms with Crippen molar-refractivity contribution in [3.8, 4) is 0 Å². The van der Waals surface area contributed by atoms with Crippen molar-refractivity contribution in [2.45, 2.75) is 13.3 Å². The molecule has 2 N–H and O–H groups in total. The Kier molecular flexibility index (Phi) is 4.93. The van der Waals surface area contributed by atoms with E-state index >= 15 is 0 Å². The number of anilines is 2. The van der Waals surface area contributed by atoms with Gasteiger partial charge in [0.1, 0.15) is 5.82 Å². The van der Waals surface area contributed by atoms with Crippen molar-refractivity contribution < 1.29 is 4.39 Å². The maximum atomic E-state index is 13.0. The highest BCUT2D eigenvalue weighted by Crippen LogP contribution is 2.22. The fourth-order valence-electron chi connectivity index (χ4n) is 1.74. The lowest BCUT2D eigenvalue weighted by Gasteiger charge is -2.12. The lowest BCUT2D eigenvalue weighted by atomic mass is 10.1. The van der Waals surface area contributed by atoms with Crippen LogP contribution in [0, 0.1) is 5.82 Å². The van der Waals surface area contributed by atoms with Crippen molar-refractivity contribution in [2.24, 2.45) is 0 Å². The fourth-order valence-corrected chi connectivity index (χ4v) is 2.19. The average molecular weight is 309 g/mol. The first-order chi connectivity index (χ1) is 9.58. The van der Waals surface area contributed by atoms with Crippen LogP contribution in [0.5, 0.6) is 0 Å². The second-order valence-corrected chi connectivity index (χ2v) is 5.07. The number of thiocarbonyl (C=S) groups is 1. The molecule has 0 heterocycles. The van der Waals surface area contributed by atoms with Gasteiger partial charge in [-0.25, -0.2) is 4.39 Å². The molecule has 104 valence electrons. The summed E-state index contributed by atoms with van der Waals surface area (Å²) >= 11 is 11.1. The molecular formula is C15H14ClFN2S. The Balaban J connectivity index is 2.05. The summed E-state index contributed by atoms with van der Waals surface area (Å²) in [4.78, 5) is 0. The smallest absolute Gasteiger partial charge is 0.175 e. The van der Waals surface area contributed by atoms with Gasteiger partial charge in [0.25, 0.3) is 0 Å². The van der Waals surface area contributed by atoms with Gasteiger partial charge in [0, 0.05) is 5.69 Å². The normalized spacial score (nSPS) is 10.2. The van der Waals surface area contributed by atoms with Gasteiger partial charge in [-0.2, -0.15) is 0 Å². The van der Waals surface area contributed by atoms with Crippen molar-refractivity contribution in [2.75, 3.05) is 10.6 Å². The molecule has 2 nitrogen and oxygen atoms in total. The van der Waals surface area contributed by atoms with Crippen LogP contribution in [0.15, 0.2) is 42.5 Å². The highest BCUT2D eigenvalue weighted by molar-refractivity contribution is 7.80. The molecule has 2 aromatic rings. The van der Waals surface area contributed by atoms with Gasteiger partial charge >= 0.3 is 0 Å². The van der Waals surface area contributed by atoms with E-state index in [9.17, 15) is 4.39 Å². The number of rotatable bonds is 3. The average Bonchev–Trinajstić information content (AvgIpc) is 2.42. The van der Waals surface area contributed by atoms with Crippen LogP contribution in [0.4, 0.5) is 15.8 Å². The molecular weight excluding hydrogens is 295 g/mol. The van der Waals surface area contributed by atoms with Gasteiger partial charge < -0.3 is 10.6 Å². The molecule has 0 fully saturated rings. The summed E-state index contributed by atoms with van der Waals surface area (Å²) in [6.45, 7) is 2.09. The maximum Gasteiger partial charge on any atom is 0.175 e. The molecule has 0 spiro atoms. The van der Waals surface area contributed by atoms with E-state index in [2.05, 4.69) is 23.6 Å². The van der Waals surface area contributed by atoms with Crippen LogP contribution in [0.25, 0.3) is 0 Å². The molecule has 20 heavy (non-hydrogen) atoms. The summed E-state index contributed by atoms with van der Waals surface area (Å²) in [5, 5.41) is 6.72. The molecule has 0 aliphatic rings. The fraction of sp³-hybridized carbons (Fsp3) is 0.133. The molecule has 0 saturated heterocycles. The lowest BCUT2D eigenvalue weighted by Crippen LogP contribution is -2.19. The Labute approximate surface area is 128 Å². The summed E-state index contributed by atoms with van der Waals surface area (Å²) in [5.41, 5.74) is 2.69. The van der Waals surface area contributed by atoms with E-state index < -0.39 is 0 Å². The van der Waals surface area contributed by atoms with Gasteiger partial charge in [0.2, 0.25) is 0 Å². The molecule has 0 atom stereocenters. The third-order valence-corrected chi connectivity index (χ3v) is 3.29. The molecule has 2 aromatic carbocycles. The van der Waals surface area contributed by atoms with Crippen LogP contribution < -0.4 is 10.6 Å². The Bertz CT molecular complexity index is 631. The van der Waals surface area contributed by atoms with Crippen molar-refractivity contribution in [3.63, 3.8) is 0 Å². The molecule has 0 aliphatic carbocycles. The predicted molar refractivity (Wildman–Crippen MR) is 87.1 cm³/mol. The van der Waals surface area contributed by atoms with Crippen molar-refractivity contribution >= 4 is 40.3 Å². The Morgan fingerprint density at radius 1 is 1.20 bits per heavy atom. The molecule has 0 radical (unpaired) electrons. The summed E-state index contributed by atoms with van der Waals surface area (Å²) < 4.78 is 13.0. The number of hydrogen-bond donors (Lipinski definition) is 2. The number of halogens is 2. The van der Waals surface area contributed by atoms with Gasteiger partial charge in [-0.15, -0.1) is 0 Å². The zero-order valence-electron chi connectivity index (χ0n) is 10.9. The topological polar surface area (TPSA) is 24.1 Å². The molecule has 5 heteroatoms. The first kappa shape index (κ1) is 14.8. The van der Waals surface area contributed by atoms with E-state index in [-0.39, 0.29) is 10.8 Å². The second kappa shape index (κ2) is 6.68. The third-order valence-electron chi connectivity index (χ3n) is 2.77. The summed E-state index contributed by atoms with van der Waals surface area (Å²) in [6, 6.07) is 12.1. The number of nitrogens with one attached hydrogen (secondary N) is 2. The van der Waals surface area contributed by atoms with Crippen molar-refractivity contribution in [3.05, 3.63) is 58.9 Å². The Morgan fingerprint density at radius 3 is 2.70 bits per heavy atom. The maximum absolute atomic E-state index is 13.0. The van der Waals surface area contributed by atoms with Gasteiger partial charge in [-0.3, -0.25) is 0 Å². The highest BCUT2D eigenvalue weighted by Gasteiger charge is 2.04. The van der Waals surface area contributed by atoms with Crippen LogP contribution in [0.1, 0.15) is 12.5 Å². The van der Waals surface area contributed by atoms with E-state index in [0.29, 0.717) is 10.8 Å². The predicted octanol–water partition coefficient (Wildman–Crippen LogP) is 4.85. The van der Waals surface area contributed by atoms with Crippen LogP contribution in [0.3, 0.4) is 0 Å². The van der Waals surface area contributed by atoms with Crippen LogP contribution >= 0.6 is 23.8 Å². The molecule has 0 aliphatic heterocycles. The second-order valence-electron chi connectivity index (χ2n) is 4.26. The summed E-state index contributed by atoms with van der Waals surface area (Å²) in [7, 11) is 0. The largest absolute Gasteiger partial charge is 0.332 e. The molecule has 0 unspecified atom stereocenters. The van der Waals surface area contributed by atoms with E-state index in [1.807, 2.05) is 18.2 Å². The zero-order valence-corrected chi connectivity index (χ0v) is 12.5. The molecule has 0 bridgehead atoms. The van der Waals surface area contributed by atoms with E-state index in [1.165, 1.54) is 17.7 Å². The first-order valence-electron chi connectivity index (χ1n) is 6.20. The van der Waals surface area contributed by atoms with Gasteiger partial charge in [0.15, 0.2) is 5.11 Å². The molecule has 2 rings (SSSR count). The van der Waals surface area contributed by atoms with Crippen LogP contribution in [0.2, 0.25) is 5.02 Å². The number of aryl methyl sites for hydroxylation is 1. The SMILES string of the molecule is CCc1cccc(NC(=S)Nc2ccc(F)cc2Cl)c1. The molecule has 0 saturated carbocycles. The van der Waals surface area contributed by atoms with E-state index in [0.717, 1.165) is 12.1 Å². The minimum Gasteiger partial charge on any atom is -0.332 e. The van der Waals surface area contributed by atoms with Gasteiger partial charge in [-0.1, -0.05) is 30.7 Å². The number of benzene rings is 2. The van der Waals surface area contributed by atoms with E-state index in [1.54, 1.807) is 6.07 Å². The molecule has 0 amide bonds. The van der Waals surface area contributed by atoms with Crippen LogP contribution in [-0.4, -0.2) is 5.11 Å². The van der Waals surface area contributed by atoms with Crippen molar-refractivity contribution in [1.29, 1.82) is 0 Å². The summed E-state index contributed by atoms with van der Waals surface area (Å²) in [5.74, 6) is -0.380. The quantitative estimate of drug-likeness (QED) is 0.793. The lowest BCUT2D eigenvalue weighted by molar-refractivity contribution is 0.628. The standard InChI is InChI=1S/C15H14ClFN2S/c1-2-10-4-3-5-12(8-10)18-15(20)19-14-7-6-11(17)9-13(14)16/h3-9H,2H2,1H3,(H2,18,19,20). The number of hydrogen-bond acceptors (Lipinski definition) is 1. The summed E-state index contributed by atoms with van der Waals surface area (Å²) in [6.07, 6.45) is 0.958. The molecule has 0 aromatic heterocycles. The monoisotopic (exact) mass is 308 g/mol. The minimum atomic E-state index is -0.380. The Hall–Kier alpha value is -1.65.